The van der Waals surface area contributed by atoms with Crippen molar-refractivity contribution >= 4 is 40.0 Å². The summed E-state index contributed by atoms with van der Waals surface area (Å²) >= 11 is 2.48. The molecule has 2 aromatic heterocycles. The molecule has 0 aromatic carbocycles. The van der Waals surface area contributed by atoms with Crippen LogP contribution >= 0.6 is 23.1 Å². The monoisotopic (exact) mass is 355 g/mol. The Labute approximate surface area is 141 Å². The number of carbonyl (C=O) groups is 2. The average molecular weight is 355 g/mol. The quantitative estimate of drug-likeness (QED) is 0.625. The highest BCUT2D eigenvalue weighted by Crippen LogP contribution is 2.26. The van der Waals surface area contributed by atoms with Crippen molar-refractivity contribution in [3.63, 3.8) is 0 Å². The third-order valence-electron chi connectivity index (χ3n) is 2.78. The highest BCUT2D eigenvalue weighted by molar-refractivity contribution is 8.01. The molecule has 0 bridgehead atoms. The summed E-state index contributed by atoms with van der Waals surface area (Å²) in [6.07, 6.45) is 1.25. The Morgan fingerprint density at radius 1 is 1.39 bits per heavy atom. The van der Waals surface area contributed by atoms with Crippen LogP contribution < -0.4 is 5.32 Å². The molecule has 2 amide bonds. The van der Waals surface area contributed by atoms with E-state index in [0.29, 0.717) is 15.2 Å². The van der Waals surface area contributed by atoms with E-state index in [1.54, 1.807) is 14.1 Å². The van der Waals surface area contributed by atoms with Crippen LogP contribution in [0.25, 0.3) is 0 Å². The molecule has 0 saturated carbocycles. The van der Waals surface area contributed by atoms with Gasteiger partial charge in [0, 0.05) is 20.0 Å². The first-order chi connectivity index (χ1) is 10.9. The smallest absolute Gasteiger partial charge is 0.279 e. The Kier molecular flexibility index (Phi) is 5.72. The standard InChI is InChI=1S/C13H17N5O3S2/c1-7(2)10-9(14-6-21-10)11(20)15-12-16-17-13(23-12)22-5-8(19)18(3)4/h6-7H,5H2,1-4H3,(H,15,16,20). The van der Waals surface area contributed by atoms with Gasteiger partial charge in [-0.2, -0.15) is 0 Å². The van der Waals surface area contributed by atoms with E-state index in [1.165, 1.54) is 34.4 Å². The number of hydrogen-bond donors (Lipinski definition) is 1. The Morgan fingerprint density at radius 3 is 2.78 bits per heavy atom. The second-order valence-electron chi connectivity index (χ2n) is 5.12. The zero-order valence-corrected chi connectivity index (χ0v) is 14.8. The topological polar surface area (TPSA) is 101 Å². The number of hydrogen-bond acceptors (Lipinski definition) is 8. The van der Waals surface area contributed by atoms with Gasteiger partial charge < -0.3 is 9.32 Å². The van der Waals surface area contributed by atoms with Crippen molar-refractivity contribution < 1.29 is 14.0 Å². The lowest BCUT2D eigenvalue weighted by atomic mass is 10.1. The molecule has 0 aliphatic carbocycles. The fraction of sp³-hybridized carbons (Fsp3) is 0.462. The largest absolute Gasteiger partial charge is 0.447 e. The van der Waals surface area contributed by atoms with Crippen LogP contribution in [-0.2, 0) is 4.79 Å². The second-order valence-corrected chi connectivity index (χ2v) is 7.32. The predicted molar refractivity (Wildman–Crippen MR) is 87.9 cm³/mol. The van der Waals surface area contributed by atoms with Crippen LogP contribution in [0.5, 0.6) is 0 Å². The highest BCUT2D eigenvalue weighted by atomic mass is 32.2. The number of thioether (sulfide) groups is 1. The minimum Gasteiger partial charge on any atom is -0.447 e. The van der Waals surface area contributed by atoms with Gasteiger partial charge in [-0.3, -0.25) is 14.9 Å². The van der Waals surface area contributed by atoms with E-state index < -0.39 is 0 Å². The van der Waals surface area contributed by atoms with Crippen LogP contribution in [-0.4, -0.2) is 51.7 Å². The van der Waals surface area contributed by atoms with Gasteiger partial charge in [0.2, 0.25) is 11.0 Å². The summed E-state index contributed by atoms with van der Waals surface area (Å²) < 4.78 is 5.84. The number of rotatable bonds is 6. The molecule has 2 rings (SSSR count). The molecular weight excluding hydrogens is 338 g/mol. The Hall–Kier alpha value is -1.94. The molecule has 0 atom stereocenters. The molecule has 10 heteroatoms. The third kappa shape index (κ3) is 4.52. The van der Waals surface area contributed by atoms with Crippen LogP contribution in [0.3, 0.4) is 0 Å². The molecular formula is C13H17N5O3S2. The first-order valence-electron chi connectivity index (χ1n) is 6.79. The van der Waals surface area contributed by atoms with Crippen LogP contribution in [0.1, 0.15) is 36.0 Å². The maximum absolute atomic E-state index is 12.2. The van der Waals surface area contributed by atoms with Crippen molar-refractivity contribution in [1.82, 2.24) is 20.1 Å². The molecule has 0 radical (unpaired) electrons. The van der Waals surface area contributed by atoms with Gasteiger partial charge in [0.15, 0.2) is 16.4 Å². The van der Waals surface area contributed by atoms with Crippen LogP contribution in [0.4, 0.5) is 5.13 Å². The number of nitrogens with zero attached hydrogens (tertiary/aromatic N) is 4. The summed E-state index contributed by atoms with van der Waals surface area (Å²) in [4.78, 5) is 29.2. The Bertz CT molecular complexity index is 695. The number of amides is 2. The van der Waals surface area contributed by atoms with E-state index >= 15 is 0 Å². The van der Waals surface area contributed by atoms with E-state index in [1.807, 2.05) is 13.8 Å². The van der Waals surface area contributed by atoms with Crippen LogP contribution in [0.2, 0.25) is 0 Å². The van der Waals surface area contributed by atoms with Crippen LogP contribution in [0, 0.1) is 0 Å². The van der Waals surface area contributed by atoms with Crippen molar-refractivity contribution in [1.29, 1.82) is 0 Å². The van der Waals surface area contributed by atoms with E-state index in [-0.39, 0.29) is 29.2 Å². The molecule has 2 heterocycles. The Morgan fingerprint density at radius 2 is 2.13 bits per heavy atom. The maximum Gasteiger partial charge on any atom is 0.279 e. The summed E-state index contributed by atoms with van der Waals surface area (Å²) in [6.45, 7) is 3.83. The molecule has 23 heavy (non-hydrogen) atoms. The number of carbonyl (C=O) groups excluding carboxylic acids is 2. The van der Waals surface area contributed by atoms with E-state index in [4.69, 9.17) is 4.42 Å². The van der Waals surface area contributed by atoms with Gasteiger partial charge in [0.1, 0.15) is 5.76 Å². The van der Waals surface area contributed by atoms with E-state index in [0.717, 1.165) is 0 Å². The summed E-state index contributed by atoms with van der Waals surface area (Å²) in [5.41, 5.74) is 0.243. The van der Waals surface area contributed by atoms with Crippen molar-refractivity contribution in [3.05, 3.63) is 17.8 Å². The highest BCUT2D eigenvalue weighted by Gasteiger charge is 2.20. The molecule has 0 aliphatic heterocycles. The van der Waals surface area contributed by atoms with E-state index in [9.17, 15) is 9.59 Å². The van der Waals surface area contributed by atoms with Gasteiger partial charge in [0.25, 0.3) is 5.91 Å². The molecule has 0 spiro atoms. The molecule has 0 unspecified atom stereocenters. The fourth-order valence-corrected chi connectivity index (χ4v) is 3.29. The molecule has 0 fully saturated rings. The summed E-state index contributed by atoms with van der Waals surface area (Å²) in [5, 5.41) is 10.8. The van der Waals surface area contributed by atoms with E-state index in [2.05, 4.69) is 20.5 Å². The Balaban J connectivity index is 1.97. The lowest BCUT2D eigenvalue weighted by Crippen LogP contribution is -2.23. The van der Waals surface area contributed by atoms with Gasteiger partial charge in [-0.15, -0.1) is 10.2 Å². The molecule has 8 nitrogen and oxygen atoms in total. The van der Waals surface area contributed by atoms with Crippen molar-refractivity contribution in [2.45, 2.75) is 24.1 Å². The molecule has 124 valence electrons. The molecule has 2 aromatic rings. The van der Waals surface area contributed by atoms with Crippen LogP contribution in [0.15, 0.2) is 15.2 Å². The summed E-state index contributed by atoms with van der Waals surface area (Å²) in [5.74, 6) is 0.449. The van der Waals surface area contributed by atoms with Crippen molar-refractivity contribution in [2.75, 3.05) is 25.2 Å². The molecule has 1 N–H and O–H groups in total. The maximum atomic E-state index is 12.2. The molecule has 0 saturated heterocycles. The minimum atomic E-state index is -0.389. The number of oxazole rings is 1. The fourth-order valence-electron chi connectivity index (χ4n) is 1.56. The first kappa shape index (κ1) is 17.4. The number of anilines is 1. The lowest BCUT2D eigenvalue weighted by molar-refractivity contribution is -0.125. The normalized spacial score (nSPS) is 10.8. The SMILES string of the molecule is CC(C)c1ocnc1C(=O)Nc1nnc(SCC(=O)N(C)C)s1. The van der Waals surface area contributed by atoms with Gasteiger partial charge in [-0.1, -0.05) is 36.9 Å². The minimum absolute atomic E-state index is 0.0139. The zero-order chi connectivity index (χ0) is 17.0. The van der Waals surface area contributed by atoms with Crippen molar-refractivity contribution in [2.24, 2.45) is 0 Å². The number of nitrogens with one attached hydrogen (secondary N) is 1. The summed E-state index contributed by atoms with van der Waals surface area (Å²) in [6, 6.07) is 0. The van der Waals surface area contributed by atoms with Gasteiger partial charge >= 0.3 is 0 Å². The third-order valence-corrected chi connectivity index (χ3v) is 4.74. The van der Waals surface area contributed by atoms with Crippen molar-refractivity contribution in [3.8, 4) is 0 Å². The lowest BCUT2D eigenvalue weighted by Gasteiger charge is -2.07. The van der Waals surface area contributed by atoms with Gasteiger partial charge in [-0.25, -0.2) is 4.98 Å². The second kappa shape index (κ2) is 7.55. The number of aromatic nitrogens is 3. The zero-order valence-electron chi connectivity index (χ0n) is 13.2. The van der Waals surface area contributed by atoms with Gasteiger partial charge in [0.05, 0.1) is 5.75 Å². The first-order valence-corrected chi connectivity index (χ1v) is 8.60. The summed E-state index contributed by atoms with van der Waals surface area (Å²) in [7, 11) is 3.39. The molecule has 0 aliphatic rings. The predicted octanol–water partition coefficient (Wildman–Crippen LogP) is 2.08. The van der Waals surface area contributed by atoms with Gasteiger partial charge in [-0.05, 0) is 0 Å². The average Bonchev–Trinajstić information content (AvgIpc) is 3.13.